The van der Waals surface area contributed by atoms with Crippen molar-refractivity contribution < 1.29 is 5.11 Å². The minimum Gasteiger partial charge on any atom is -0.508 e. The first-order chi connectivity index (χ1) is 8.56. The molecule has 100 valence electrons. The Labute approximate surface area is 110 Å². The lowest BCUT2D eigenvalue weighted by molar-refractivity contribution is 0.227. The average molecular weight is 247 g/mol. The number of benzene rings is 1. The Balaban J connectivity index is 1.99. The van der Waals surface area contributed by atoms with Gasteiger partial charge in [0.25, 0.3) is 0 Å². The van der Waals surface area contributed by atoms with E-state index in [1.54, 1.807) is 6.07 Å². The quantitative estimate of drug-likeness (QED) is 0.850. The predicted molar refractivity (Wildman–Crippen MR) is 75.6 cm³/mol. The Morgan fingerprint density at radius 2 is 1.72 bits per heavy atom. The van der Waals surface area contributed by atoms with Gasteiger partial charge in [0, 0.05) is 17.6 Å². The molecule has 0 bridgehead atoms. The number of phenols is 1. The molecule has 3 atom stereocenters. The SMILES string of the molecule is CC1CC(C)CC(NC(C)c2ccccc2O)C1. The smallest absolute Gasteiger partial charge is 0.120 e. The van der Waals surface area contributed by atoms with Crippen LogP contribution < -0.4 is 5.32 Å². The van der Waals surface area contributed by atoms with Gasteiger partial charge in [0.1, 0.15) is 5.75 Å². The van der Waals surface area contributed by atoms with E-state index in [0.717, 1.165) is 17.4 Å². The number of hydrogen-bond donors (Lipinski definition) is 2. The van der Waals surface area contributed by atoms with Gasteiger partial charge in [-0.2, -0.15) is 0 Å². The molecular weight excluding hydrogens is 222 g/mol. The summed E-state index contributed by atoms with van der Waals surface area (Å²) in [5.74, 6) is 2.01. The normalized spacial score (nSPS) is 30.1. The van der Waals surface area contributed by atoms with Crippen LogP contribution in [0.4, 0.5) is 0 Å². The molecule has 3 unspecified atom stereocenters. The Kier molecular flexibility index (Phi) is 4.28. The van der Waals surface area contributed by atoms with Crippen molar-refractivity contribution in [1.29, 1.82) is 0 Å². The second-order valence-corrected chi connectivity index (χ2v) is 6.06. The Hall–Kier alpha value is -1.02. The van der Waals surface area contributed by atoms with E-state index in [4.69, 9.17) is 0 Å². The summed E-state index contributed by atoms with van der Waals surface area (Å²) in [5, 5.41) is 13.6. The van der Waals surface area contributed by atoms with E-state index in [0.29, 0.717) is 11.8 Å². The van der Waals surface area contributed by atoms with E-state index in [1.165, 1.54) is 19.3 Å². The topological polar surface area (TPSA) is 32.3 Å². The molecule has 1 aliphatic rings. The summed E-state index contributed by atoms with van der Waals surface area (Å²) in [6.07, 6.45) is 3.85. The van der Waals surface area contributed by atoms with Crippen molar-refractivity contribution in [3.63, 3.8) is 0 Å². The van der Waals surface area contributed by atoms with Crippen LogP contribution in [0.15, 0.2) is 24.3 Å². The van der Waals surface area contributed by atoms with Gasteiger partial charge in [0.15, 0.2) is 0 Å². The summed E-state index contributed by atoms with van der Waals surface area (Å²) in [4.78, 5) is 0. The highest BCUT2D eigenvalue weighted by Crippen LogP contribution is 2.31. The Morgan fingerprint density at radius 3 is 2.33 bits per heavy atom. The number of phenolic OH excluding ortho intramolecular Hbond substituents is 1. The number of aromatic hydroxyl groups is 1. The monoisotopic (exact) mass is 247 g/mol. The fraction of sp³-hybridized carbons (Fsp3) is 0.625. The van der Waals surface area contributed by atoms with Crippen LogP contribution in [-0.4, -0.2) is 11.1 Å². The van der Waals surface area contributed by atoms with Crippen LogP contribution in [0.3, 0.4) is 0 Å². The minimum atomic E-state index is 0.216. The third kappa shape index (κ3) is 3.26. The van der Waals surface area contributed by atoms with Gasteiger partial charge in [-0.25, -0.2) is 0 Å². The molecule has 0 spiro atoms. The molecule has 1 aromatic rings. The van der Waals surface area contributed by atoms with Crippen LogP contribution in [0, 0.1) is 11.8 Å². The maximum atomic E-state index is 9.87. The molecule has 2 nitrogen and oxygen atoms in total. The fourth-order valence-electron chi connectivity index (χ4n) is 3.38. The van der Waals surface area contributed by atoms with Crippen molar-refractivity contribution in [2.45, 2.75) is 52.1 Å². The molecular formula is C16H25NO. The molecule has 1 aromatic carbocycles. The van der Waals surface area contributed by atoms with Crippen molar-refractivity contribution in [2.75, 3.05) is 0 Å². The standard InChI is InChI=1S/C16H25NO/c1-11-8-12(2)10-14(9-11)17-13(3)15-6-4-5-7-16(15)18/h4-7,11-14,17-18H,8-10H2,1-3H3. The van der Waals surface area contributed by atoms with Gasteiger partial charge in [0.05, 0.1) is 0 Å². The highest BCUT2D eigenvalue weighted by molar-refractivity contribution is 5.34. The number of rotatable bonds is 3. The highest BCUT2D eigenvalue weighted by Gasteiger charge is 2.25. The van der Waals surface area contributed by atoms with Crippen molar-refractivity contribution >= 4 is 0 Å². The van der Waals surface area contributed by atoms with Gasteiger partial charge in [-0.3, -0.25) is 0 Å². The molecule has 0 radical (unpaired) electrons. The van der Waals surface area contributed by atoms with E-state index in [9.17, 15) is 5.11 Å². The lowest BCUT2D eigenvalue weighted by Crippen LogP contribution is -2.37. The van der Waals surface area contributed by atoms with E-state index < -0.39 is 0 Å². The van der Waals surface area contributed by atoms with E-state index in [1.807, 2.05) is 18.2 Å². The summed E-state index contributed by atoms with van der Waals surface area (Å²) in [7, 11) is 0. The molecule has 2 N–H and O–H groups in total. The van der Waals surface area contributed by atoms with Crippen molar-refractivity contribution in [3.05, 3.63) is 29.8 Å². The first-order valence-corrected chi connectivity index (χ1v) is 7.10. The number of para-hydroxylation sites is 1. The molecule has 1 saturated carbocycles. The van der Waals surface area contributed by atoms with Crippen LogP contribution >= 0.6 is 0 Å². The Morgan fingerprint density at radius 1 is 1.11 bits per heavy atom. The summed E-state index contributed by atoms with van der Waals surface area (Å²) < 4.78 is 0. The molecule has 1 aliphatic carbocycles. The molecule has 18 heavy (non-hydrogen) atoms. The minimum absolute atomic E-state index is 0.216. The molecule has 1 fully saturated rings. The van der Waals surface area contributed by atoms with Gasteiger partial charge in [-0.05, 0) is 44.1 Å². The lowest BCUT2D eigenvalue weighted by atomic mass is 9.80. The molecule has 0 saturated heterocycles. The van der Waals surface area contributed by atoms with Crippen LogP contribution in [-0.2, 0) is 0 Å². The van der Waals surface area contributed by atoms with Gasteiger partial charge in [-0.1, -0.05) is 32.0 Å². The third-order valence-corrected chi connectivity index (χ3v) is 4.07. The van der Waals surface area contributed by atoms with E-state index in [2.05, 4.69) is 26.1 Å². The number of nitrogens with one attached hydrogen (secondary N) is 1. The first kappa shape index (κ1) is 13.4. The molecule has 0 heterocycles. The largest absolute Gasteiger partial charge is 0.508 e. The average Bonchev–Trinajstić information content (AvgIpc) is 2.27. The molecule has 0 aromatic heterocycles. The second-order valence-electron chi connectivity index (χ2n) is 6.06. The van der Waals surface area contributed by atoms with Gasteiger partial charge < -0.3 is 10.4 Å². The van der Waals surface area contributed by atoms with Crippen molar-refractivity contribution in [1.82, 2.24) is 5.32 Å². The van der Waals surface area contributed by atoms with Gasteiger partial charge in [0.2, 0.25) is 0 Å². The zero-order valence-electron chi connectivity index (χ0n) is 11.7. The summed E-state index contributed by atoms with van der Waals surface area (Å²) in [6, 6.07) is 8.42. The Bertz CT molecular complexity index is 380. The van der Waals surface area contributed by atoms with Crippen LogP contribution in [0.25, 0.3) is 0 Å². The predicted octanol–water partition coefficient (Wildman–Crippen LogP) is 3.87. The third-order valence-electron chi connectivity index (χ3n) is 4.07. The lowest BCUT2D eigenvalue weighted by Gasteiger charge is -2.34. The molecule has 0 aliphatic heterocycles. The molecule has 2 heteroatoms. The van der Waals surface area contributed by atoms with E-state index in [-0.39, 0.29) is 6.04 Å². The highest BCUT2D eigenvalue weighted by atomic mass is 16.3. The maximum absolute atomic E-state index is 9.87. The van der Waals surface area contributed by atoms with Crippen LogP contribution in [0.5, 0.6) is 5.75 Å². The van der Waals surface area contributed by atoms with Crippen molar-refractivity contribution in [2.24, 2.45) is 11.8 Å². The second kappa shape index (κ2) is 5.75. The zero-order chi connectivity index (χ0) is 13.1. The molecule has 2 rings (SSSR count). The van der Waals surface area contributed by atoms with Crippen molar-refractivity contribution in [3.8, 4) is 5.75 Å². The summed E-state index contributed by atoms with van der Waals surface area (Å²) in [5.41, 5.74) is 1.00. The number of hydrogen-bond acceptors (Lipinski definition) is 2. The maximum Gasteiger partial charge on any atom is 0.120 e. The fourth-order valence-corrected chi connectivity index (χ4v) is 3.38. The van der Waals surface area contributed by atoms with Gasteiger partial charge >= 0.3 is 0 Å². The van der Waals surface area contributed by atoms with Gasteiger partial charge in [-0.15, -0.1) is 0 Å². The van der Waals surface area contributed by atoms with E-state index >= 15 is 0 Å². The van der Waals surface area contributed by atoms with Crippen LogP contribution in [0.1, 0.15) is 51.6 Å². The zero-order valence-corrected chi connectivity index (χ0v) is 11.7. The summed E-state index contributed by atoms with van der Waals surface area (Å²) in [6.45, 7) is 6.82. The summed E-state index contributed by atoms with van der Waals surface area (Å²) >= 11 is 0. The van der Waals surface area contributed by atoms with Crippen LogP contribution in [0.2, 0.25) is 0 Å². The first-order valence-electron chi connectivity index (χ1n) is 7.10. The molecule has 0 amide bonds.